The van der Waals surface area contributed by atoms with Gasteiger partial charge in [-0.2, -0.15) is 0 Å². The SMILES string of the molecule is CC(=O)NC1CCN(Cc2cc(O)c3c(c2F)CC2C[C@H]4CC(O)=C(C(N)=O)C(=O)[C@@]4(O)C(O)=C2C3=O)CC1. The number of hydrogen-bond donors (Lipinski definition) is 6. The number of likely N-dealkylation sites (tertiary alicyclic amines) is 1. The van der Waals surface area contributed by atoms with Gasteiger partial charge < -0.3 is 31.5 Å². The molecule has 2 amide bonds. The van der Waals surface area contributed by atoms with Crippen molar-refractivity contribution in [3.63, 3.8) is 0 Å². The van der Waals surface area contributed by atoms with Crippen molar-refractivity contribution in [1.29, 1.82) is 0 Å². The smallest absolute Gasteiger partial charge is 0.255 e. The van der Waals surface area contributed by atoms with Crippen molar-refractivity contribution >= 4 is 23.4 Å². The third-order valence-electron chi connectivity index (χ3n) is 8.46. The van der Waals surface area contributed by atoms with Crippen LogP contribution in [0.4, 0.5) is 4.39 Å². The van der Waals surface area contributed by atoms with E-state index in [4.69, 9.17) is 5.73 Å². The van der Waals surface area contributed by atoms with Crippen LogP contribution in [0, 0.1) is 17.7 Å². The molecule has 0 spiro atoms. The molecule has 0 saturated carbocycles. The zero-order valence-electron chi connectivity index (χ0n) is 21.3. The molecule has 1 fully saturated rings. The molecule has 1 heterocycles. The predicted octanol–water partition coefficient (Wildman–Crippen LogP) is 0.820. The van der Waals surface area contributed by atoms with Gasteiger partial charge in [-0.25, -0.2) is 4.39 Å². The highest BCUT2D eigenvalue weighted by molar-refractivity contribution is 6.24. The average molecular weight is 544 g/mol. The van der Waals surface area contributed by atoms with Gasteiger partial charge in [-0.15, -0.1) is 0 Å². The molecule has 4 aliphatic rings. The fourth-order valence-electron chi connectivity index (χ4n) is 6.60. The van der Waals surface area contributed by atoms with E-state index in [1.165, 1.54) is 13.0 Å². The third kappa shape index (κ3) is 4.18. The first-order valence-corrected chi connectivity index (χ1v) is 12.8. The molecule has 7 N–H and O–H groups in total. The summed E-state index contributed by atoms with van der Waals surface area (Å²) in [7, 11) is 0. The van der Waals surface area contributed by atoms with Crippen LogP contribution < -0.4 is 11.1 Å². The molecule has 11 nitrogen and oxygen atoms in total. The summed E-state index contributed by atoms with van der Waals surface area (Å²) in [4.78, 5) is 51.5. The number of allylic oxidation sites excluding steroid dienone is 2. The van der Waals surface area contributed by atoms with E-state index in [2.05, 4.69) is 5.32 Å². The molecule has 3 atom stereocenters. The lowest BCUT2D eigenvalue weighted by atomic mass is 9.60. The maximum atomic E-state index is 15.8. The number of ketones is 2. The van der Waals surface area contributed by atoms with Gasteiger partial charge in [-0.3, -0.25) is 24.1 Å². The maximum Gasteiger partial charge on any atom is 0.255 e. The summed E-state index contributed by atoms with van der Waals surface area (Å²) in [6.07, 6.45) is 0.871. The summed E-state index contributed by atoms with van der Waals surface area (Å²) < 4.78 is 15.8. The van der Waals surface area contributed by atoms with E-state index in [0.29, 0.717) is 25.9 Å². The molecule has 0 radical (unpaired) electrons. The number of carbonyl (C=O) groups is 4. The molecule has 0 aromatic heterocycles. The minimum Gasteiger partial charge on any atom is -0.511 e. The van der Waals surface area contributed by atoms with Crippen LogP contribution in [0.5, 0.6) is 5.75 Å². The Bertz CT molecular complexity index is 1380. The quantitative estimate of drug-likeness (QED) is 0.299. The number of rotatable bonds is 4. The highest BCUT2D eigenvalue weighted by Crippen LogP contribution is 2.51. The molecule has 39 heavy (non-hydrogen) atoms. The van der Waals surface area contributed by atoms with Crippen molar-refractivity contribution in [2.24, 2.45) is 17.6 Å². The van der Waals surface area contributed by atoms with Crippen LogP contribution in [0.25, 0.3) is 0 Å². The summed E-state index contributed by atoms with van der Waals surface area (Å²) in [6.45, 7) is 2.83. The van der Waals surface area contributed by atoms with E-state index < -0.39 is 63.6 Å². The fourth-order valence-corrected chi connectivity index (χ4v) is 6.60. The summed E-state index contributed by atoms with van der Waals surface area (Å²) in [5.41, 5.74) is 1.18. The molecule has 1 aliphatic heterocycles. The van der Waals surface area contributed by atoms with Crippen LogP contribution in [0.1, 0.15) is 54.1 Å². The molecule has 208 valence electrons. The molecule has 12 heteroatoms. The lowest BCUT2D eigenvalue weighted by molar-refractivity contribution is -0.144. The minimum absolute atomic E-state index is 0.0187. The zero-order valence-corrected chi connectivity index (χ0v) is 21.3. The molecule has 3 aliphatic carbocycles. The number of hydrogen-bond acceptors (Lipinski definition) is 9. The first kappa shape index (κ1) is 26.8. The lowest BCUT2D eigenvalue weighted by Gasteiger charge is -2.45. The van der Waals surface area contributed by atoms with Gasteiger partial charge in [-0.1, -0.05) is 0 Å². The highest BCUT2D eigenvalue weighted by atomic mass is 19.1. The van der Waals surface area contributed by atoms with Crippen LogP contribution >= 0.6 is 0 Å². The molecule has 1 aromatic rings. The number of primary amides is 1. The Hall–Kier alpha value is -3.77. The number of aliphatic hydroxyl groups is 3. The number of nitrogens with one attached hydrogen (secondary N) is 1. The van der Waals surface area contributed by atoms with E-state index in [1.54, 1.807) is 0 Å². The lowest BCUT2D eigenvalue weighted by Crippen LogP contribution is -2.57. The number of nitrogens with two attached hydrogens (primary N) is 1. The second-order valence-corrected chi connectivity index (χ2v) is 10.9. The van der Waals surface area contributed by atoms with E-state index in [9.17, 15) is 39.6 Å². The normalized spacial score (nSPS) is 27.7. The summed E-state index contributed by atoms with van der Waals surface area (Å²) in [5.74, 6) is -8.23. The second-order valence-electron chi connectivity index (χ2n) is 10.9. The Kier molecular flexibility index (Phi) is 6.50. The topological polar surface area (TPSA) is 190 Å². The Morgan fingerprint density at radius 1 is 1.18 bits per heavy atom. The third-order valence-corrected chi connectivity index (χ3v) is 8.46. The van der Waals surface area contributed by atoms with Gasteiger partial charge in [0.1, 0.15) is 28.7 Å². The van der Waals surface area contributed by atoms with Crippen LogP contribution in [-0.4, -0.2) is 73.4 Å². The first-order valence-electron chi connectivity index (χ1n) is 12.8. The van der Waals surface area contributed by atoms with Gasteiger partial charge in [0.15, 0.2) is 11.4 Å². The number of halogens is 1. The van der Waals surface area contributed by atoms with E-state index >= 15 is 4.39 Å². The average Bonchev–Trinajstić information content (AvgIpc) is 2.85. The number of aliphatic hydroxyl groups excluding tert-OH is 2. The monoisotopic (exact) mass is 543 g/mol. The number of amides is 2. The summed E-state index contributed by atoms with van der Waals surface area (Å²) in [6, 6.07) is 1.21. The number of Topliss-reactive ketones (excluding diaryl/α,β-unsaturated/α-hetero) is 2. The molecule has 5 rings (SSSR count). The van der Waals surface area contributed by atoms with Crippen molar-refractivity contribution in [3.05, 3.63) is 51.2 Å². The minimum atomic E-state index is -2.66. The number of phenolic OH excluding ortho intramolecular Hbond substituents is 1. The number of phenols is 1. The standard InChI is InChI=1S/C27H30FN3O8/c1-11(32)30-15-2-4-31(5-3-15)10-13-8-17(33)20-16(22(13)28)7-12-6-14-9-18(34)21(26(29)38)25(37)27(14,39)24(36)19(12)23(20)35/h8,12,14-15,33-34,36,39H,2-7,9-10H2,1H3,(H2,29,38)(H,30,32)/t12?,14-,27-/m0/s1. The van der Waals surface area contributed by atoms with Crippen molar-refractivity contribution in [2.45, 2.75) is 57.2 Å². The van der Waals surface area contributed by atoms with E-state index in [1.807, 2.05) is 4.90 Å². The fraction of sp³-hybridized carbons (Fsp3) is 0.481. The van der Waals surface area contributed by atoms with Crippen LogP contribution in [0.3, 0.4) is 0 Å². The van der Waals surface area contributed by atoms with Crippen molar-refractivity contribution in [3.8, 4) is 5.75 Å². The molecule has 1 saturated heterocycles. The number of piperidine rings is 1. The Labute approximate surface area is 222 Å². The zero-order chi connectivity index (χ0) is 28.4. The van der Waals surface area contributed by atoms with Gasteiger partial charge in [-0.05, 0) is 37.7 Å². The Morgan fingerprint density at radius 2 is 1.85 bits per heavy atom. The van der Waals surface area contributed by atoms with Crippen LogP contribution in [0.2, 0.25) is 0 Å². The van der Waals surface area contributed by atoms with Gasteiger partial charge in [0.2, 0.25) is 11.7 Å². The van der Waals surface area contributed by atoms with Gasteiger partial charge >= 0.3 is 0 Å². The highest BCUT2D eigenvalue weighted by Gasteiger charge is 2.59. The largest absolute Gasteiger partial charge is 0.511 e. The molecule has 1 aromatic carbocycles. The molecular weight excluding hydrogens is 513 g/mol. The Balaban J connectivity index is 1.47. The Morgan fingerprint density at radius 3 is 2.46 bits per heavy atom. The van der Waals surface area contributed by atoms with Crippen LogP contribution in [-0.2, 0) is 27.3 Å². The summed E-state index contributed by atoms with van der Waals surface area (Å²) >= 11 is 0. The first-order chi connectivity index (χ1) is 18.3. The molecule has 0 bridgehead atoms. The van der Waals surface area contributed by atoms with Crippen molar-refractivity contribution < 1.29 is 44.0 Å². The number of benzene rings is 1. The van der Waals surface area contributed by atoms with Gasteiger partial charge in [0, 0.05) is 61.6 Å². The number of aromatic hydroxyl groups is 1. The molecular formula is C27H30FN3O8. The van der Waals surface area contributed by atoms with Gasteiger partial charge in [0.05, 0.1) is 5.56 Å². The number of nitrogens with zero attached hydrogens (tertiary/aromatic N) is 1. The number of carbonyl (C=O) groups excluding carboxylic acids is 4. The van der Waals surface area contributed by atoms with Crippen molar-refractivity contribution in [2.75, 3.05) is 13.1 Å². The maximum absolute atomic E-state index is 15.8. The van der Waals surface area contributed by atoms with E-state index in [0.717, 1.165) is 0 Å². The number of fused-ring (bicyclic) bond motifs is 3. The van der Waals surface area contributed by atoms with Gasteiger partial charge in [0.25, 0.3) is 5.91 Å². The molecule has 1 unspecified atom stereocenters. The van der Waals surface area contributed by atoms with Crippen LogP contribution in [0.15, 0.2) is 28.7 Å². The van der Waals surface area contributed by atoms with Crippen molar-refractivity contribution in [1.82, 2.24) is 10.2 Å². The summed E-state index contributed by atoms with van der Waals surface area (Å²) in [5, 5.41) is 46.2. The predicted molar refractivity (Wildman–Crippen MR) is 133 cm³/mol. The second kappa shape index (κ2) is 9.45. The van der Waals surface area contributed by atoms with E-state index in [-0.39, 0.29) is 60.0 Å².